The topological polar surface area (TPSA) is 44.7 Å². The van der Waals surface area contributed by atoms with Crippen LogP contribution in [0.15, 0.2) is 364 Å². The average molecular weight is 1410 g/mol. The fourth-order valence-corrected chi connectivity index (χ4v) is 18.6. The predicted molar refractivity (Wildman–Crippen MR) is 456 cm³/mol. The molecule has 8 nitrogen and oxygen atoms in total. The Bertz CT molecular complexity index is 7070. The zero-order valence-electron chi connectivity index (χ0n) is 61.1. The van der Waals surface area contributed by atoms with E-state index >= 15 is 0 Å². The van der Waals surface area contributed by atoms with E-state index in [0.717, 1.165) is 73.8 Å². The molecule has 20 aromatic rings. The molecule has 0 bridgehead atoms. The minimum absolute atomic E-state index is 0.0696. The van der Waals surface area contributed by atoms with Gasteiger partial charge in [-0.1, -0.05) is 252 Å². The molecule has 0 spiro atoms. The van der Waals surface area contributed by atoms with Crippen LogP contribution in [-0.4, -0.2) is 18.3 Å². The first-order valence-electron chi connectivity index (χ1n) is 38.0. The molecule has 4 aliphatic rings. The smallest absolute Gasteiger partial charge is 0.154 e. The lowest BCUT2D eigenvalue weighted by Crippen LogP contribution is -2.30. The third-order valence-corrected chi connectivity index (χ3v) is 23.6. The highest BCUT2D eigenvalue weighted by atomic mass is 16.5. The SMILES string of the molecule is CC1(C)c2ccccc2-n2c3ccc(N(c4ccccc4)c4ccc(-c5ccccc5)cc4)cc3c3cccc1c32.CC1(C)c2ccccc2N(c2cc3c4c(c2)c2ccccc2n4-c2ccccc2O3)c2ccccc21.c1ccc2c(c1)Oc1cccc3c4cc(-n5c6ccccc6c6ccccc65)ccc4n-2c13. The Morgan fingerprint density at radius 3 is 1.25 bits per heavy atom. The van der Waals surface area contributed by atoms with E-state index in [1.807, 2.05) is 18.2 Å². The highest BCUT2D eigenvalue weighted by Gasteiger charge is 2.39. The van der Waals surface area contributed by atoms with Gasteiger partial charge in [-0.3, -0.25) is 0 Å². The van der Waals surface area contributed by atoms with Gasteiger partial charge in [-0.25, -0.2) is 0 Å². The van der Waals surface area contributed by atoms with Crippen molar-refractivity contribution in [2.75, 3.05) is 9.80 Å². The quantitative estimate of drug-likeness (QED) is 0.166. The van der Waals surface area contributed by atoms with Crippen LogP contribution in [0.5, 0.6) is 23.0 Å². The summed E-state index contributed by atoms with van der Waals surface area (Å²) in [7, 11) is 0. The molecule has 0 N–H and O–H groups in total. The van der Waals surface area contributed by atoms with Gasteiger partial charge in [0.2, 0.25) is 0 Å². The lowest BCUT2D eigenvalue weighted by atomic mass is 9.73. The summed E-state index contributed by atoms with van der Waals surface area (Å²) in [6, 6.07) is 131. The summed E-state index contributed by atoms with van der Waals surface area (Å²) < 4.78 is 22.4. The van der Waals surface area contributed by atoms with Crippen molar-refractivity contribution in [1.82, 2.24) is 18.3 Å². The molecule has 4 aromatic heterocycles. The van der Waals surface area contributed by atoms with Crippen molar-refractivity contribution in [3.8, 4) is 56.9 Å². The van der Waals surface area contributed by atoms with Crippen LogP contribution < -0.4 is 19.3 Å². The van der Waals surface area contributed by atoms with Crippen molar-refractivity contribution >= 4 is 121 Å². The Labute approximate surface area is 636 Å². The van der Waals surface area contributed by atoms with Crippen molar-refractivity contribution in [3.63, 3.8) is 0 Å². The van der Waals surface area contributed by atoms with Crippen LogP contribution >= 0.6 is 0 Å². The maximum atomic E-state index is 6.58. The van der Waals surface area contributed by atoms with E-state index in [9.17, 15) is 0 Å². The second kappa shape index (κ2) is 24.2. The molecule has 0 atom stereocenters. The Hall–Kier alpha value is -14.1. The molecular formula is C102H72N6O2. The number of benzene rings is 16. The monoisotopic (exact) mass is 1410 g/mol. The molecule has 8 heterocycles. The number of ether oxygens (including phenoxy) is 2. The first-order chi connectivity index (χ1) is 54.1. The second-order valence-electron chi connectivity index (χ2n) is 30.4. The minimum atomic E-state index is -0.0898. The normalized spacial score (nSPS) is 13.5. The molecule has 4 aliphatic heterocycles. The molecule has 24 rings (SSSR count). The lowest BCUT2D eigenvalue weighted by Gasteiger charge is -2.42. The van der Waals surface area contributed by atoms with E-state index in [1.54, 1.807) is 0 Å². The minimum Gasteiger partial charge on any atom is -0.453 e. The Morgan fingerprint density at radius 2 is 0.618 bits per heavy atom. The fourth-order valence-electron chi connectivity index (χ4n) is 18.6. The number of aromatic nitrogens is 4. The van der Waals surface area contributed by atoms with Gasteiger partial charge in [-0.05, 0) is 167 Å². The highest BCUT2D eigenvalue weighted by Crippen LogP contribution is 2.56. The maximum absolute atomic E-state index is 6.58. The third-order valence-electron chi connectivity index (χ3n) is 23.6. The molecular weight excluding hydrogens is 1340 g/mol. The number of para-hydroxylation sites is 13. The average Bonchev–Trinajstić information content (AvgIpc) is 1.45. The van der Waals surface area contributed by atoms with Gasteiger partial charge in [0.1, 0.15) is 0 Å². The van der Waals surface area contributed by atoms with E-state index in [0.29, 0.717) is 0 Å². The number of fused-ring (bicyclic) bond motifs is 20. The second-order valence-corrected chi connectivity index (χ2v) is 30.4. The van der Waals surface area contributed by atoms with E-state index < -0.39 is 0 Å². The van der Waals surface area contributed by atoms with Gasteiger partial charge in [0.15, 0.2) is 23.0 Å². The first-order valence-corrected chi connectivity index (χ1v) is 38.0. The Balaban J connectivity index is 0.000000102. The van der Waals surface area contributed by atoms with Crippen LogP contribution in [0.3, 0.4) is 0 Å². The van der Waals surface area contributed by atoms with Crippen LogP contribution in [0, 0.1) is 0 Å². The highest BCUT2D eigenvalue weighted by molar-refractivity contribution is 6.17. The summed E-state index contributed by atoms with van der Waals surface area (Å²) in [4.78, 5) is 4.76. The molecule has 0 unspecified atom stereocenters. The van der Waals surface area contributed by atoms with Crippen molar-refractivity contribution in [1.29, 1.82) is 0 Å². The van der Waals surface area contributed by atoms with Crippen molar-refractivity contribution in [2.45, 2.75) is 38.5 Å². The summed E-state index contributed by atoms with van der Waals surface area (Å²) >= 11 is 0. The molecule has 0 saturated carbocycles. The van der Waals surface area contributed by atoms with E-state index in [-0.39, 0.29) is 10.8 Å². The molecule has 0 saturated heterocycles. The lowest BCUT2D eigenvalue weighted by molar-refractivity contribution is 0.476. The van der Waals surface area contributed by atoms with Gasteiger partial charge in [-0.15, -0.1) is 0 Å². The third kappa shape index (κ3) is 9.39. The summed E-state index contributed by atoms with van der Waals surface area (Å²) in [6.45, 7) is 9.35. The molecule has 16 aromatic carbocycles. The fraction of sp³-hybridized carbons (Fsp3) is 0.0588. The van der Waals surface area contributed by atoms with Gasteiger partial charge in [0.25, 0.3) is 0 Å². The molecule has 0 aliphatic carbocycles. The van der Waals surface area contributed by atoms with E-state index in [4.69, 9.17) is 9.47 Å². The predicted octanol–water partition coefficient (Wildman–Crippen LogP) is 27.5. The molecule has 8 heteroatoms. The van der Waals surface area contributed by atoms with Crippen molar-refractivity contribution < 1.29 is 9.47 Å². The largest absolute Gasteiger partial charge is 0.453 e. The van der Waals surface area contributed by atoms with Gasteiger partial charge in [0, 0.05) is 82.7 Å². The first kappa shape index (κ1) is 63.2. The summed E-state index contributed by atoms with van der Waals surface area (Å²) in [5, 5.41) is 9.99. The zero-order valence-corrected chi connectivity index (χ0v) is 61.1. The number of nitrogens with zero attached hydrogens (tertiary/aromatic N) is 6. The van der Waals surface area contributed by atoms with Crippen LogP contribution in [-0.2, 0) is 10.8 Å². The molecule has 0 amide bonds. The standard InChI is InChI=1S/C39H30N2.C33H24N2O.C30H18N2O/c1-39(2)34-17-9-10-19-37(34)41-36-25-24-31(26-33(36)32-16-11-18-35(39)38(32)41)40(29-14-7-4-8-15-29)30-22-20-28(21-23-30)27-12-5-3-6-13-27;1-33(2)24-12-4-7-15-27(24)34(28-16-8-5-13-25(28)33)21-19-23-22-11-3-6-14-26(22)35-29-17-9-10-18-30(29)36-31(20-21)32(23)35;1-3-11-24-20(8-1)21-9-2-4-12-25(21)31(24)19-16-17-26-23(18-19)22-10-7-15-29-30(22)32(26)27-13-5-6-14-28(27)33-29/h3-26H,1-2H3;3-20H,1-2H3;1-18H. The zero-order chi connectivity index (χ0) is 73.1. The summed E-state index contributed by atoms with van der Waals surface area (Å²) in [6.07, 6.45) is 0. The van der Waals surface area contributed by atoms with Crippen LogP contribution in [0.1, 0.15) is 49.9 Å². The molecule has 0 fully saturated rings. The summed E-state index contributed by atoms with van der Waals surface area (Å²) in [5.41, 5.74) is 28.9. The van der Waals surface area contributed by atoms with Crippen LogP contribution in [0.2, 0.25) is 0 Å². The Kier molecular flexibility index (Phi) is 13.9. The van der Waals surface area contributed by atoms with Gasteiger partial charge in [0.05, 0.1) is 78.3 Å². The van der Waals surface area contributed by atoms with Crippen molar-refractivity contribution in [3.05, 3.63) is 386 Å². The van der Waals surface area contributed by atoms with Crippen LogP contribution in [0.4, 0.5) is 34.1 Å². The number of anilines is 6. The number of hydrogen-bond donors (Lipinski definition) is 0. The number of hydrogen-bond acceptors (Lipinski definition) is 4. The molecule has 110 heavy (non-hydrogen) atoms. The van der Waals surface area contributed by atoms with E-state index in [2.05, 4.69) is 402 Å². The molecule has 0 radical (unpaired) electrons. The maximum Gasteiger partial charge on any atom is 0.154 e. The van der Waals surface area contributed by atoms with Crippen LogP contribution in [0.25, 0.3) is 121 Å². The number of rotatable bonds is 6. The Morgan fingerprint density at radius 1 is 0.227 bits per heavy atom. The van der Waals surface area contributed by atoms with Gasteiger partial charge < -0.3 is 37.5 Å². The molecule has 522 valence electrons. The van der Waals surface area contributed by atoms with E-state index in [1.165, 1.54) is 127 Å². The van der Waals surface area contributed by atoms with Gasteiger partial charge in [-0.2, -0.15) is 0 Å². The van der Waals surface area contributed by atoms with Crippen molar-refractivity contribution in [2.24, 2.45) is 0 Å². The summed E-state index contributed by atoms with van der Waals surface area (Å²) in [5.74, 6) is 3.56. The van der Waals surface area contributed by atoms with Gasteiger partial charge >= 0.3 is 0 Å².